The Bertz CT molecular complexity index is 750. The van der Waals surface area contributed by atoms with Crippen LogP contribution in [0.1, 0.15) is 0 Å². The molecule has 27 heavy (non-hydrogen) atoms. The van der Waals surface area contributed by atoms with E-state index in [9.17, 15) is 33.3 Å². The summed E-state index contributed by atoms with van der Waals surface area (Å²) in [6.45, 7) is 2.26. The third-order valence-electron chi connectivity index (χ3n) is 3.32. The third-order valence-corrected chi connectivity index (χ3v) is 4.11. The van der Waals surface area contributed by atoms with Crippen LogP contribution in [0.2, 0.25) is 0 Å². The molecule has 0 aromatic rings. The number of nitrogens with zero attached hydrogens (tertiary/aromatic N) is 1. The molecule has 1 fully saturated rings. The molecule has 4 atom stereocenters. The summed E-state index contributed by atoms with van der Waals surface area (Å²) in [5.74, 6) is -1.92. The molecule has 0 spiro atoms. The number of nitrogens with one attached hydrogen (secondary N) is 1. The minimum atomic E-state index is -5.18. The maximum Gasteiger partial charge on any atom is 0.397 e. The summed E-state index contributed by atoms with van der Waals surface area (Å²) < 4.78 is 34.4. The van der Waals surface area contributed by atoms with Gasteiger partial charge in [-0.25, -0.2) is 4.18 Å². The largest absolute Gasteiger partial charge is 0.397 e. The molecule has 0 bridgehead atoms. The van der Waals surface area contributed by atoms with Crippen LogP contribution in [0, 0.1) is 0 Å². The average Bonchev–Trinajstić information content (AvgIpc) is 2.57. The normalized spacial score (nSPS) is 21.6. The highest BCUT2D eigenvalue weighted by molar-refractivity contribution is 7.81. The van der Waals surface area contributed by atoms with E-state index in [1.807, 2.05) is 0 Å². The van der Waals surface area contributed by atoms with Crippen molar-refractivity contribution in [2.75, 3.05) is 13.2 Å². The number of amides is 2. The van der Waals surface area contributed by atoms with Crippen molar-refractivity contribution in [3.8, 4) is 0 Å². The standard InChI is InChI=1S/C13H18N2O10S2/c1-2-3-15-12(21)6(11(20)14-13(15)26)4-7(17)9(19)10(8(18)5-16)25-27(22,23)24/h2,4,7-10,16-19H,1,3,5H2,(H,14,20,26)(H,22,23,24)/b6-4-/t7?,8-,9-,10?/m1/s1. The second kappa shape index (κ2) is 9.43. The molecule has 0 radical (unpaired) electrons. The predicted molar refractivity (Wildman–Crippen MR) is 92.3 cm³/mol. The molecule has 1 rings (SSSR count). The van der Waals surface area contributed by atoms with Gasteiger partial charge in [-0.15, -0.1) is 6.58 Å². The first-order valence-corrected chi connectivity index (χ1v) is 9.01. The first-order valence-electron chi connectivity index (χ1n) is 7.23. The van der Waals surface area contributed by atoms with Crippen molar-refractivity contribution in [2.24, 2.45) is 0 Å². The molecule has 0 aromatic carbocycles. The highest BCUT2D eigenvalue weighted by atomic mass is 32.3. The molecule has 2 unspecified atom stereocenters. The van der Waals surface area contributed by atoms with E-state index in [2.05, 4.69) is 16.1 Å². The number of hydrogen-bond donors (Lipinski definition) is 6. The fraction of sp³-hybridized carbons (Fsp3) is 0.462. The van der Waals surface area contributed by atoms with Crippen LogP contribution in [-0.4, -0.2) is 92.8 Å². The first kappa shape index (κ1) is 23.3. The summed E-state index contributed by atoms with van der Waals surface area (Å²) in [6.07, 6.45) is -6.70. The number of hydrogen-bond acceptors (Lipinski definition) is 10. The number of rotatable bonds is 9. The van der Waals surface area contributed by atoms with Gasteiger partial charge in [0.2, 0.25) is 0 Å². The lowest BCUT2D eigenvalue weighted by Crippen LogP contribution is -2.54. The number of aliphatic hydroxyl groups is 4. The fourth-order valence-corrected chi connectivity index (χ4v) is 2.84. The van der Waals surface area contributed by atoms with Crippen molar-refractivity contribution in [1.82, 2.24) is 10.2 Å². The van der Waals surface area contributed by atoms with Gasteiger partial charge < -0.3 is 20.4 Å². The molecule has 6 N–H and O–H groups in total. The lowest BCUT2D eigenvalue weighted by Gasteiger charge is -2.30. The zero-order valence-corrected chi connectivity index (χ0v) is 15.3. The highest BCUT2D eigenvalue weighted by Crippen LogP contribution is 2.17. The van der Waals surface area contributed by atoms with Crippen LogP contribution in [0.4, 0.5) is 0 Å². The molecule has 2 amide bonds. The lowest BCUT2D eigenvalue weighted by atomic mass is 10.00. The van der Waals surface area contributed by atoms with Gasteiger partial charge in [0.25, 0.3) is 11.8 Å². The van der Waals surface area contributed by atoms with Crippen LogP contribution >= 0.6 is 12.2 Å². The topological polar surface area (TPSA) is 194 Å². The van der Waals surface area contributed by atoms with E-state index in [4.69, 9.17) is 21.9 Å². The quantitative estimate of drug-likeness (QED) is 0.0707. The Morgan fingerprint density at radius 1 is 1.30 bits per heavy atom. The number of carbonyl (C=O) groups is 2. The minimum Gasteiger partial charge on any atom is -0.394 e. The summed E-state index contributed by atoms with van der Waals surface area (Å²) in [4.78, 5) is 25.2. The Hall–Kier alpha value is -1.78. The van der Waals surface area contributed by atoms with Crippen molar-refractivity contribution in [3.05, 3.63) is 24.3 Å². The van der Waals surface area contributed by atoms with Crippen molar-refractivity contribution in [2.45, 2.75) is 24.4 Å². The summed E-state index contributed by atoms with van der Waals surface area (Å²) in [6, 6.07) is 0. The molecular weight excluding hydrogens is 408 g/mol. The zero-order chi connectivity index (χ0) is 20.9. The lowest BCUT2D eigenvalue weighted by molar-refractivity contribution is -0.129. The van der Waals surface area contributed by atoms with E-state index in [-0.39, 0.29) is 11.7 Å². The second-order valence-electron chi connectivity index (χ2n) is 5.26. The van der Waals surface area contributed by atoms with Crippen LogP contribution < -0.4 is 5.32 Å². The van der Waals surface area contributed by atoms with Crippen LogP contribution in [0.3, 0.4) is 0 Å². The molecule has 0 aliphatic carbocycles. The summed E-state index contributed by atoms with van der Waals surface area (Å²) in [5, 5.41) is 40.4. The van der Waals surface area contributed by atoms with Crippen LogP contribution in [-0.2, 0) is 24.2 Å². The Morgan fingerprint density at radius 2 is 1.89 bits per heavy atom. The van der Waals surface area contributed by atoms with Crippen molar-refractivity contribution >= 4 is 39.5 Å². The Kier molecular flexibility index (Phi) is 8.12. The first-order chi connectivity index (χ1) is 12.4. The van der Waals surface area contributed by atoms with E-state index in [0.717, 1.165) is 4.90 Å². The smallest absolute Gasteiger partial charge is 0.394 e. The summed E-state index contributed by atoms with van der Waals surface area (Å²) >= 11 is 4.83. The maximum atomic E-state index is 12.3. The zero-order valence-electron chi connectivity index (χ0n) is 13.6. The van der Waals surface area contributed by atoms with Gasteiger partial charge in [0.05, 0.1) is 6.61 Å². The van der Waals surface area contributed by atoms with E-state index < -0.39 is 58.8 Å². The molecule has 1 aliphatic heterocycles. The Balaban J connectivity index is 3.15. The monoisotopic (exact) mass is 426 g/mol. The molecule has 0 saturated carbocycles. The second-order valence-corrected chi connectivity index (χ2v) is 6.70. The van der Waals surface area contributed by atoms with E-state index in [0.29, 0.717) is 6.08 Å². The van der Waals surface area contributed by atoms with Gasteiger partial charge in [0.1, 0.15) is 30.0 Å². The maximum absolute atomic E-state index is 12.3. The summed E-state index contributed by atoms with van der Waals surface area (Å²) in [5.41, 5.74) is -0.638. The van der Waals surface area contributed by atoms with Gasteiger partial charge in [-0.1, -0.05) is 6.08 Å². The van der Waals surface area contributed by atoms with Gasteiger partial charge in [0.15, 0.2) is 5.11 Å². The van der Waals surface area contributed by atoms with E-state index >= 15 is 0 Å². The van der Waals surface area contributed by atoms with Crippen molar-refractivity contribution in [3.63, 3.8) is 0 Å². The van der Waals surface area contributed by atoms with Gasteiger partial charge in [-0.3, -0.25) is 24.4 Å². The van der Waals surface area contributed by atoms with Gasteiger partial charge in [-0.2, -0.15) is 8.42 Å². The summed E-state index contributed by atoms with van der Waals surface area (Å²) in [7, 11) is -5.18. The number of carbonyl (C=O) groups excluding carboxylic acids is 2. The van der Waals surface area contributed by atoms with E-state index in [1.54, 1.807) is 0 Å². The van der Waals surface area contributed by atoms with Gasteiger partial charge in [-0.05, 0) is 18.3 Å². The van der Waals surface area contributed by atoms with Crippen molar-refractivity contribution < 1.29 is 47.2 Å². The predicted octanol–water partition coefficient (Wildman–Crippen LogP) is -3.39. The minimum absolute atomic E-state index is 0.0638. The van der Waals surface area contributed by atoms with Crippen LogP contribution in [0.5, 0.6) is 0 Å². The van der Waals surface area contributed by atoms with Gasteiger partial charge in [0, 0.05) is 6.54 Å². The molecule has 1 saturated heterocycles. The molecule has 14 heteroatoms. The van der Waals surface area contributed by atoms with Gasteiger partial charge >= 0.3 is 10.4 Å². The van der Waals surface area contributed by atoms with E-state index in [1.165, 1.54) is 6.08 Å². The molecule has 0 aromatic heterocycles. The molecule has 152 valence electrons. The Labute approximate surface area is 159 Å². The number of aliphatic hydroxyl groups excluding tert-OH is 4. The number of thiocarbonyl (C=S) groups is 1. The molecule has 1 heterocycles. The fourth-order valence-electron chi connectivity index (χ4n) is 2.07. The van der Waals surface area contributed by atoms with Crippen LogP contribution in [0.15, 0.2) is 24.3 Å². The average molecular weight is 426 g/mol. The Morgan fingerprint density at radius 3 is 2.37 bits per heavy atom. The molecular formula is C13H18N2O10S2. The third kappa shape index (κ3) is 6.12. The van der Waals surface area contributed by atoms with Crippen molar-refractivity contribution in [1.29, 1.82) is 0 Å². The SMILES string of the molecule is C=CCN1C(=O)/C(=C\C(O)[C@@H](O)C(OS(=O)(=O)O)[C@H](O)CO)C(=O)NC1=S. The molecule has 1 aliphatic rings. The van der Waals surface area contributed by atoms with Crippen LogP contribution in [0.25, 0.3) is 0 Å². The highest BCUT2D eigenvalue weighted by Gasteiger charge is 2.38. The molecule has 12 nitrogen and oxygen atoms in total.